The maximum Gasteiger partial charge on any atom is 0.269 e. The molecule has 0 saturated heterocycles. The van der Waals surface area contributed by atoms with Gasteiger partial charge in [-0.05, 0) is 35.9 Å². The lowest BCUT2D eigenvalue weighted by molar-refractivity contribution is -0.384. The zero-order chi connectivity index (χ0) is 15.2. The standard InChI is InChI=1S/C15H18N4O2/c1-2-18(10-12-5-7-17-8-6-12)11-13-9-14(19(20)21)3-4-15(13)16/h3-9H,2,10-11,16H2,1H3. The van der Waals surface area contributed by atoms with Gasteiger partial charge in [-0.2, -0.15) is 0 Å². The quantitative estimate of drug-likeness (QED) is 0.501. The van der Waals surface area contributed by atoms with E-state index in [0.717, 1.165) is 24.2 Å². The summed E-state index contributed by atoms with van der Waals surface area (Å²) in [5, 5.41) is 10.9. The van der Waals surface area contributed by atoms with E-state index in [-0.39, 0.29) is 5.69 Å². The first-order chi connectivity index (χ1) is 10.1. The van der Waals surface area contributed by atoms with Crippen LogP contribution in [-0.4, -0.2) is 21.4 Å². The molecule has 0 unspecified atom stereocenters. The molecule has 110 valence electrons. The second kappa shape index (κ2) is 6.81. The van der Waals surface area contributed by atoms with Gasteiger partial charge in [-0.25, -0.2) is 0 Å². The fourth-order valence-electron chi connectivity index (χ4n) is 2.11. The third kappa shape index (κ3) is 4.00. The van der Waals surface area contributed by atoms with Crippen LogP contribution in [0.5, 0.6) is 0 Å². The highest BCUT2D eigenvalue weighted by atomic mass is 16.6. The van der Waals surface area contributed by atoms with Crippen LogP contribution in [-0.2, 0) is 13.1 Å². The minimum Gasteiger partial charge on any atom is -0.398 e. The molecule has 2 aromatic rings. The summed E-state index contributed by atoms with van der Waals surface area (Å²) in [6, 6.07) is 8.48. The van der Waals surface area contributed by atoms with Crippen LogP contribution in [0.4, 0.5) is 11.4 Å². The number of anilines is 1. The average Bonchev–Trinajstić information content (AvgIpc) is 2.49. The number of nitro groups is 1. The number of hydrogen-bond acceptors (Lipinski definition) is 5. The summed E-state index contributed by atoms with van der Waals surface area (Å²) in [7, 11) is 0. The van der Waals surface area contributed by atoms with Crippen molar-refractivity contribution >= 4 is 11.4 Å². The Morgan fingerprint density at radius 3 is 2.57 bits per heavy atom. The van der Waals surface area contributed by atoms with Gasteiger partial charge in [0.25, 0.3) is 5.69 Å². The molecule has 2 N–H and O–H groups in total. The summed E-state index contributed by atoms with van der Waals surface area (Å²) in [5.41, 5.74) is 8.50. The van der Waals surface area contributed by atoms with E-state index in [1.807, 2.05) is 12.1 Å². The first-order valence-electron chi connectivity index (χ1n) is 6.74. The van der Waals surface area contributed by atoms with Crippen LogP contribution in [0.1, 0.15) is 18.1 Å². The van der Waals surface area contributed by atoms with Gasteiger partial charge in [-0.15, -0.1) is 0 Å². The van der Waals surface area contributed by atoms with Crippen LogP contribution in [0, 0.1) is 10.1 Å². The first kappa shape index (κ1) is 14.9. The van der Waals surface area contributed by atoms with Crippen molar-refractivity contribution < 1.29 is 4.92 Å². The maximum absolute atomic E-state index is 10.9. The van der Waals surface area contributed by atoms with Crippen molar-refractivity contribution in [1.29, 1.82) is 0 Å². The Kier molecular flexibility index (Phi) is 4.84. The molecule has 1 aromatic carbocycles. The van der Waals surface area contributed by atoms with Crippen molar-refractivity contribution in [3.63, 3.8) is 0 Å². The number of nitrogens with two attached hydrogens (primary N) is 1. The van der Waals surface area contributed by atoms with Gasteiger partial charge in [0.15, 0.2) is 0 Å². The molecule has 0 radical (unpaired) electrons. The Balaban J connectivity index is 2.14. The summed E-state index contributed by atoms with van der Waals surface area (Å²) in [5.74, 6) is 0. The lowest BCUT2D eigenvalue weighted by Gasteiger charge is -2.21. The normalized spacial score (nSPS) is 10.8. The highest BCUT2D eigenvalue weighted by molar-refractivity contribution is 5.52. The maximum atomic E-state index is 10.9. The largest absolute Gasteiger partial charge is 0.398 e. The molecule has 0 saturated carbocycles. The summed E-state index contributed by atoms with van der Waals surface area (Å²) in [4.78, 5) is 16.6. The molecule has 21 heavy (non-hydrogen) atoms. The summed E-state index contributed by atoms with van der Waals surface area (Å²) >= 11 is 0. The van der Waals surface area contributed by atoms with Gasteiger partial charge in [0.2, 0.25) is 0 Å². The molecule has 6 nitrogen and oxygen atoms in total. The van der Waals surface area contributed by atoms with Crippen LogP contribution in [0.3, 0.4) is 0 Å². The summed E-state index contributed by atoms with van der Waals surface area (Å²) < 4.78 is 0. The fourth-order valence-corrected chi connectivity index (χ4v) is 2.11. The van der Waals surface area contributed by atoms with Gasteiger partial charge in [0, 0.05) is 43.3 Å². The molecule has 0 aliphatic rings. The number of rotatable bonds is 6. The van der Waals surface area contributed by atoms with E-state index >= 15 is 0 Å². The van der Waals surface area contributed by atoms with E-state index in [1.165, 1.54) is 6.07 Å². The Labute approximate surface area is 123 Å². The lowest BCUT2D eigenvalue weighted by Crippen LogP contribution is -2.23. The highest BCUT2D eigenvalue weighted by Crippen LogP contribution is 2.21. The second-order valence-electron chi connectivity index (χ2n) is 4.80. The van der Waals surface area contributed by atoms with Gasteiger partial charge in [0.05, 0.1) is 4.92 Å². The zero-order valence-corrected chi connectivity index (χ0v) is 11.9. The van der Waals surface area contributed by atoms with Crippen LogP contribution < -0.4 is 5.73 Å². The van der Waals surface area contributed by atoms with Crippen LogP contribution in [0.2, 0.25) is 0 Å². The number of hydrogen-bond donors (Lipinski definition) is 1. The van der Waals surface area contributed by atoms with Crippen molar-refractivity contribution in [3.05, 3.63) is 64.0 Å². The lowest BCUT2D eigenvalue weighted by atomic mass is 10.1. The predicted octanol–water partition coefficient (Wildman–Crippen LogP) is 2.59. The van der Waals surface area contributed by atoms with Crippen molar-refractivity contribution in [2.45, 2.75) is 20.0 Å². The van der Waals surface area contributed by atoms with E-state index in [0.29, 0.717) is 12.2 Å². The molecule has 1 heterocycles. The van der Waals surface area contributed by atoms with Crippen molar-refractivity contribution in [3.8, 4) is 0 Å². The Bertz CT molecular complexity index is 616. The number of aromatic nitrogens is 1. The molecule has 0 fully saturated rings. The second-order valence-corrected chi connectivity index (χ2v) is 4.80. The number of non-ortho nitro benzene ring substituents is 1. The van der Waals surface area contributed by atoms with E-state index in [9.17, 15) is 10.1 Å². The topological polar surface area (TPSA) is 85.3 Å². The molecule has 2 rings (SSSR count). The Morgan fingerprint density at radius 1 is 1.24 bits per heavy atom. The molecular weight excluding hydrogens is 268 g/mol. The van der Waals surface area contributed by atoms with Crippen LogP contribution in [0.15, 0.2) is 42.7 Å². The number of nitro benzene ring substituents is 1. The molecule has 1 aromatic heterocycles. The summed E-state index contributed by atoms with van der Waals surface area (Å²) in [6.07, 6.45) is 3.51. The first-order valence-corrected chi connectivity index (χ1v) is 6.74. The van der Waals surface area contributed by atoms with Gasteiger partial charge in [0.1, 0.15) is 0 Å². The van der Waals surface area contributed by atoms with Gasteiger partial charge in [-0.3, -0.25) is 20.0 Å². The monoisotopic (exact) mass is 286 g/mol. The molecule has 0 bridgehead atoms. The molecular formula is C15H18N4O2. The molecule has 0 atom stereocenters. The van der Waals surface area contributed by atoms with E-state index < -0.39 is 4.92 Å². The smallest absolute Gasteiger partial charge is 0.269 e. The summed E-state index contributed by atoms with van der Waals surface area (Å²) in [6.45, 7) is 4.20. The highest BCUT2D eigenvalue weighted by Gasteiger charge is 2.12. The number of nitrogen functional groups attached to an aromatic ring is 1. The molecule has 0 spiro atoms. The van der Waals surface area contributed by atoms with Crippen molar-refractivity contribution in [2.24, 2.45) is 0 Å². The number of benzene rings is 1. The van der Waals surface area contributed by atoms with E-state index in [4.69, 9.17) is 5.73 Å². The van der Waals surface area contributed by atoms with Crippen LogP contribution >= 0.6 is 0 Å². The predicted molar refractivity (Wildman–Crippen MR) is 81.5 cm³/mol. The number of pyridine rings is 1. The van der Waals surface area contributed by atoms with E-state index in [2.05, 4.69) is 16.8 Å². The van der Waals surface area contributed by atoms with Crippen LogP contribution in [0.25, 0.3) is 0 Å². The van der Waals surface area contributed by atoms with Gasteiger partial charge in [-0.1, -0.05) is 6.92 Å². The third-order valence-electron chi connectivity index (χ3n) is 3.33. The molecule has 0 aliphatic heterocycles. The van der Waals surface area contributed by atoms with E-state index in [1.54, 1.807) is 24.5 Å². The van der Waals surface area contributed by atoms with Gasteiger partial charge < -0.3 is 5.73 Å². The minimum absolute atomic E-state index is 0.0687. The molecule has 0 amide bonds. The SMILES string of the molecule is CCN(Cc1ccncc1)Cc1cc([N+](=O)[O-])ccc1N. The minimum atomic E-state index is -0.401. The molecule has 6 heteroatoms. The fraction of sp³-hybridized carbons (Fsp3) is 0.267. The van der Waals surface area contributed by atoms with Crippen molar-refractivity contribution in [1.82, 2.24) is 9.88 Å². The Hall–Kier alpha value is -2.47. The molecule has 0 aliphatic carbocycles. The van der Waals surface area contributed by atoms with Gasteiger partial charge >= 0.3 is 0 Å². The zero-order valence-electron chi connectivity index (χ0n) is 11.9. The Morgan fingerprint density at radius 2 is 1.95 bits per heavy atom. The number of nitrogens with zero attached hydrogens (tertiary/aromatic N) is 3. The average molecular weight is 286 g/mol. The van der Waals surface area contributed by atoms with Crippen molar-refractivity contribution in [2.75, 3.05) is 12.3 Å². The third-order valence-corrected chi connectivity index (χ3v) is 3.33.